The average Bonchev–Trinajstić information content (AvgIpc) is 3.34. The van der Waals surface area contributed by atoms with Crippen LogP contribution < -0.4 is 4.90 Å². The summed E-state index contributed by atoms with van der Waals surface area (Å²) in [7, 11) is 0. The van der Waals surface area contributed by atoms with E-state index in [1.807, 2.05) is 34.9 Å². The number of hydrogen-bond donors (Lipinski definition) is 0. The molecule has 0 radical (unpaired) electrons. The highest BCUT2D eigenvalue weighted by Crippen LogP contribution is 2.26. The fourth-order valence-corrected chi connectivity index (χ4v) is 3.68. The topological polar surface area (TPSA) is 107 Å². The molecular formula is C18H18N6O3S. The van der Waals surface area contributed by atoms with Crippen molar-refractivity contribution >= 4 is 29.4 Å². The fourth-order valence-electron chi connectivity index (χ4n) is 2.92. The molecule has 1 aliphatic rings. The van der Waals surface area contributed by atoms with Gasteiger partial charge in [-0.1, -0.05) is 30.0 Å². The Morgan fingerprint density at radius 3 is 2.71 bits per heavy atom. The number of benzene rings is 1. The molecule has 0 saturated carbocycles. The summed E-state index contributed by atoms with van der Waals surface area (Å²) >= 11 is 1.33. The van der Waals surface area contributed by atoms with Crippen molar-refractivity contribution in [1.29, 1.82) is 0 Å². The van der Waals surface area contributed by atoms with E-state index in [0.717, 1.165) is 12.0 Å². The molecule has 2 aromatic heterocycles. The summed E-state index contributed by atoms with van der Waals surface area (Å²) in [5.41, 5.74) is 0.804. The number of carbonyl (C=O) groups excluding carboxylic acids is 2. The highest BCUT2D eigenvalue weighted by Gasteiger charge is 2.28. The van der Waals surface area contributed by atoms with Crippen LogP contribution >= 0.6 is 11.8 Å². The molecule has 4 rings (SSSR count). The lowest BCUT2D eigenvalue weighted by Crippen LogP contribution is -2.39. The second kappa shape index (κ2) is 7.93. The zero-order valence-electron chi connectivity index (χ0n) is 15.2. The molecule has 1 aliphatic heterocycles. The minimum absolute atomic E-state index is 0.0113. The Bertz CT molecular complexity index is 1000. The van der Waals surface area contributed by atoms with Gasteiger partial charge in [-0.05, 0) is 25.5 Å². The molecule has 1 amide bonds. The predicted molar refractivity (Wildman–Crippen MR) is 102 cm³/mol. The monoisotopic (exact) mass is 398 g/mol. The second-order valence-corrected chi connectivity index (χ2v) is 7.31. The molecule has 0 saturated heterocycles. The zero-order valence-corrected chi connectivity index (χ0v) is 16.1. The summed E-state index contributed by atoms with van der Waals surface area (Å²) in [6.07, 6.45) is 0.770. The molecule has 3 heterocycles. The van der Waals surface area contributed by atoms with Gasteiger partial charge in [-0.15, -0.1) is 20.4 Å². The van der Waals surface area contributed by atoms with Crippen LogP contribution in [0, 0.1) is 0 Å². The maximum atomic E-state index is 12.8. The summed E-state index contributed by atoms with van der Waals surface area (Å²) in [5, 5.41) is 16.9. The van der Waals surface area contributed by atoms with Gasteiger partial charge in [0.25, 0.3) is 0 Å². The molecule has 0 N–H and O–H groups in total. The van der Waals surface area contributed by atoms with Crippen molar-refractivity contribution < 1.29 is 14.0 Å². The number of fused-ring (bicyclic) bond motifs is 1. The van der Waals surface area contributed by atoms with Crippen molar-refractivity contribution in [2.24, 2.45) is 0 Å². The number of carbonyl (C=O) groups is 2. The van der Waals surface area contributed by atoms with E-state index in [0.29, 0.717) is 35.8 Å². The molecule has 9 nitrogen and oxygen atoms in total. The fraction of sp³-hybridized carbons (Fsp3) is 0.333. The SMILES string of the molecule is CC(=O)CSc1nnc2n1CCCN2C(=O)Cc1nnc(-c2ccccc2)o1. The van der Waals surface area contributed by atoms with Gasteiger partial charge in [0.1, 0.15) is 12.2 Å². The molecule has 0 bridgehead atoms. The van der Waals surface area contributed by atoms with Crippen LogP contribution in [-0.2, 0) is 22.6 Å². The number of rotatable bonds is 6. The van der Waals surface area contributed by atoms with Gasteiger partial charge in [-0.25, -0.2) is 0 Å². The van der Waals surface area contributed by atoms with Gasteiger partial charge in [-0.3, -0.25) is 19.1 Å². The van der Waals surface area contributed by atoms with Crippen LogP contribution in [0.3, 0.4) is 0 Å². The Morgan fingerprint density at radius 1 is 1.11 bits per heavy atom. The molecular weight excluding hydrogens is 380 g/mol. The van der Waals surface area contributed by atoms with Crippen LogP contribution in [0.25, 0.3) is 11.5 Å². The maximum Gasteiger partial charge on any atom is 0.247 e. The number of nitrogens with zero attached hydrogens (tertiary/aromatic N) is 6. The van der Waals surface area contributed by atoms with Crippen molar-refractivity contribution in [1.82, 2.24) is 25.0 Å². The number of Topliss-reactive ketones (excluding diaryl/α,β-unsaturated/α-hetero) is 1. The van der Waals surface area contributed by atoms with Gasteiger partial charge in [0, 0.05) is 18.7 Å². The summed E-state index contributed by atoms with van der Waals surface area (Å²) in [5.74, 6) is 1.34. The Hall–Kier alpha value is -3.01. The number of amides is 1. The number of hydrogen-bond acceptors (Lipinski definition) is 8. The van der Waals surface area contributed by atoms with Crippen LogP contribution in [-0.4, -0.2) is 48.9 Å². The van der Waals surface area contributed by atoms with Crippen LogP contribution in [0.4, 0.5) is 5.95 Å². The Labute approximate surface area is 165 Å². The van der Waals surface area contributed by atoms with Crippen molar-refractivity contribution in [2.75, 3.05) is 17.2 Å². The number of ketones is 1. The Balaban J connectivity index is 1.48. The quantitative estimate of drug-likeness (QED) is 0.580. The third kappa shape index (κ3) is 3.81. The lowest BCUT2D eigenvalue weighted by molar-refractivity contribution is -0.118. The van der Waals surface area contributed by atoms with Gasteiger partial charge in [0.05, 0.1) is 5.75 Å². The van der Waals surface area contributed by atoms with Crippen LogP contribution in [0.2, 0.25) is 0 Å². The summed E-state index contributed by atoms with van der Waals surface area (Å²) in [6, 6.07) is 9.40. The first kappa shape index (κ1) is 18.4. The summed E-state index contributed by atoms with van der Waals surface area (Å²) in [4.78, 5) is 25.6. The van der Waals surface area contributed by atoms with E-state index in [9.17, 15) is 9.59 Å². The van der Waals surface area contributed by atoms with Crippen LogP contribution in [0.1, 0.15) is 19.2 Å². The molecule has 144 valence electrons. The van der Waals surface area contributed by atoms with Gasteiger partial charge in [-0.2, -0.15) is 0 Å². The van der Waals surface area contributed by atoms with Crippen LogP contribution in [0.5, 0.6) is 0 Å². The molecule has 0 aliphatic carbocycles. The van der Waals surface area contributed by atoms with Crippen molar-refractivity contribution in [3.8, 4) is 11.5 Å². The van der Waals surface area contributed by atoms with Crippen LogP contribution in [0.15, 0.2) is 39.9 Å². The Morgan fingerprint density at radius 2 is 1.93 bits per heavy atom. The van der Waals surface area contributed by atoms with E-state index >= 15 is 0 Å². The molecule has 0 spiro atoms. The van der Waals surface area contributed by atoms with E-state index in [2.05, 4.69) is 20.4 Å². The first-order chi connectivity index (χ1) is 13.6. The van der Waals surface area contributed by atoms with Crippen molar-refractivity contribution in [3.63, 3.8) is 0 Å². The van der Waals surface area contributed by atoms with Gasteiger partial charge < -0.3 is 4.42 Å². The lowest BCUT2D eigenvalue weighted by Gasteiger charge is -2.26. The van der Waals surface area contributed by atoms with Gasteiger partial charge in [0.2, 0.25) is 23.6 Å². The lowest BCUT2D eigenvalue weighted by atomic mass is 10.2. The third-order valence-electron chi connectivity index (χ3n) is 4.20. The molecule has 0 atom stereocenters. The average molecular weight is 398 g/mol. The van der Waals surface area contributed by atoms with E-state index in [-0.39, 0.29) is 24.0 Å². The number of thioether (sulfide) groups is 1. The highest BCUT2D eigenvalue weighted by molar-refractivity contribution is 7.99. The minimum Gasteiger partial charge on any atom is -0.420 e. The minimum atomic E-state index is -0.181. The standard InChI is InChI=1S/C18H18N6O3S/c1-12(25)11-28-18-22-21-17-23(8-5-9-24(17)18)15(26)10-14-19-20-16(27-14)13-6-3-2-4-7-13/h2-4,6-7H,5,8-11H2,1H3. The number of anilines is 1. The summed E-state index contributed by atoms with van der Waals surface area (Å²) in [6.45, 7) is 2.80. The van der Waals surface area contributed by atoms with E-state index in [1.54, 1.807) is 4.90 Å². The van der Waals surface area contributed by atoms with Gasteiger partial charge in [0.15, 0.2) is 5.16 Å². The first-order valence-corrected chi connectivity index (χ1v) is 9.84. The zero-order chi connectivity index (χ0) is 19.5. The maximum absolute atomic E-state index is 12.8. The van der Waals surface area contributed by atoms with E-state index in [4.69, 9.17) is 4.42 Å². The smallest absolute Gasteiger partial charge is 0.247 e. The molecule has 10 heteroatoms. The first-order valence-electron chi connectivity index (χ1n) is 8.85. The molecule has 1 aromatic carbocycles. The predicted octanol–water partition coefficient (Wildman–Crippen LogP) is 1.99. The molecule has 0 unspecified atom stereocenters. The van der Waals surface area contributed by atoms with Crippen molar-refractivity contribution in [3.05, 3.63) is 36.2 Å². The highest BCUT2D eigenvalue weighted by atomic mass is 32.2. The van der Waals surface area contributed by atoms with E-state index < -0.39 is 0 Å². The third-order valence-corrected chi connectivity index (χ3v) is 5.31. The normalized spacial score (nSPS) is 13.4. The second-order valence-electron chi connectivity index (χ2n) is 6.37. The van der Waals surface area contributed by atoms with Crippen molar-refractivity contribution in [2.45, 2.75) is 31.5 Å². The largest absolute Gasteiger partial charge is 0.420 e. The van der Waals surface area contributed by atoms with E-state index in [1.165, 1.54) is 18.7 Å². The summed E-state index contributed by atoms with van der Waals surface area (Å²) < 4.78 is 7.51. The number of aromatic nitrogens is 5. The molecule has 0 fully saturated rings. The molecule has 3 aromatic rings. The Kier molecular flexibility index (Phi) is 5.20. The molecule has 28 heavy (non-hydrogen) atoms. The van der Waals surface area contributed by atoms with Gasteiger partial charge >= 0.3 is 0 Å².